The SMILES string of the molecule is COC(=O)NC(=S)Nc1cc(C(=O)c2ccccc2)cnc1NC(=S)NC(=O)OC. The van der Waals surface area contributed by atoms with Crippen LogP contribution in [0.3, 0.4) is 0 Å². The van der Waals surface area contributed by atoms with Crippen LogP contribution in [0.5, 0.6) is 0 Å². The van der Waals surface area contributed by atoms with E-state index >= 15 is 0 Å². The second-order valence-corrected chi connectivity index (χ2v) is 6.27. The Morgan fingerprint density at radius 1 is 0.867 bits per heavy atom. The van der Waals surface area contributed by atoms with Gasteiger partial charge < -0.3 is 20.1 Å². The molecule has 30 heavy (non-hydrogen) atoms. The Morgan fingerprint density at radius 3 is 2.00 bits per heavy atom. The summed E-state index contributed by atoms with van der Waals surface area (Å²) in [4.78, 5) is 39.6. The summed E-state index contributed by atoms with van der Waals surface area (Å²) < 4.78 is 8.95. The Morgan fingerprint density at radius 2 is 1.43 bits per heavy atom. The highest BCUT2D eigenvalue weighted by Gasteiger charge is 2.16. The molecule has 1 aromatic carbocycles. The highest BCUT2D eigenvalue weighted by molar-refractivity contribution is 7.80. The predicted molar refractivity (Wildman–Crippen MR) is 118 cm³/mol. The zero-order valence-electron chi connectivity index (χ0n) is 15.8. The molecule has 0 aliphatic heterocycles. The number of pyridine rings is 1. The Hall–Kier alpha value is -3.64. The van der Waals surface area contributed by atoms with Crippen LogP contribution >= 0.6 is 24.4 Å². The van der Waals surface area contributed by atoms with Crippen molar-refractivity contribution in [2.45, 2.75) is 0 Å². The number of rotatable bonds is 4. The third-order valence-corrected chi connectivity index (χ3v) is 3.88. The molecule has 10 nitrogen and oxygen atoms in total. The van der Waals surface area contributed by atoms with Crippen LogP contribution in [0.1, 0.15) is 15.9 Å². The fourth-order valence-electron chi connectivity index (χ4n) is 2.12. The van der Waals surface area contributed by atoms with Gasteiger partial charge in [-0.3, -0.25) is 15.4 Å². The molecule has 0 saturated heterocycles. The molecular formula is C18H17N5O5S2. The van der Waals surface area contributed by atoms with Gasteiger partial charge in [0.2, 0.25) is 0 Å². The first-order valence-electron chi connectivity index (χ1n) is 8.25. The fraction of sp³-hybridized carbons (Fsp3) is 0.111. The molecule has 0 spiro atoms. The lowest BCUT2D eigenvalue weighted by molar-refractivity contribution is 0.103. The molecule has 1 heterocycles. The summed E-state index contributed by atoms with van der Waals surface area (Å²) in [5.41, 5.74) is 0.929. The van der Waals surface area contributed by atoms with E-state index in [1.807, 2.05) is 0 Å². The third kappa shape index (κ3) is 6.46. The Bertz CT molecular complexity index is 984. The first-order valence-corrected chi connectivity index (χ1v) is 9.07. The molecule has 0 aliphatic carbocycles. The van der Waals surface area contributed by atoms with Crippen molar-refractivity contribution in [3.8, 4) is 0 Å². The molecule has 0 saturated carbocycles. The third-order valence-electron chi connectivity index (χ3n) is 3.47. The maximum atomic E-state index is 12.7. The van der Waals surface area contributed by atoms with Crippen molar-refractivity contribution in [2.24, 2.45) is 0 Å². The van der Waals surface area contributed by atoms with Gasteiger partial charge in [0.15, 0.2) is 21.8 Å². The van der Waals surface area contributed by atoms with Gasteiger partial charge >= 0.3 is 12.2 Å². The van der Waals surface area contributed by atoms with Crippen LogP contribution < -0.4 is 21.3 Å². The lowest BCUT2D eigenvalue weighted by Gasteiger charge is -2.15. The van der Waals surface area contributed by atoms with Gasteiger partial charge in [0, 0.05) is 17.3 Å². The molecule has 0 unspecified atom stereocenters. The largest absolute Gasteiger partial charge is 0.453 e. The average molecular weight is 447 g/mol. The number of carbonyl (C=O) groups excluding carboxylic acids is 3. The van der Waals surface area contributed by atoms with Crippen LogP contribution in [0, 0.1) is 0 Å². The number of hydrogen-bond acceptors (Lipinski definition) is 8. The topological polar surface area (TPSA) is 131 Å². The van der Waals surface area contributed by atoms with Crippen LogP contribution in [-0.2, 0) is 9.47 Å². The predicted octanol–water partition coefficient (Wildman–Crippen LogP) is 2.42. The number of nitrogens with zero attached hydrogens (tertiary/aromatic N) is 1. The lowest BCUT2D eigenvalue weighted by Crippen LogP contribution is -2.36. The summed E-state index contributed by atoms with van der Waals surface area (Å²) in [7, 11) is 2.37. The summed E-state index contributed by atoms with van der Waals surface area (Å²) in [6, 6.07) is 10.1. The first-order chi connectivity index (χ1) is 14.3. The van der Waals surface area contributed by atoms with Crippen LogP contribution in [0.15, 0.2) is 42.6 Å². The van der Waals surface area contributed by atoms with Crippen LogP contribution in [0.25, 0.3) is 0 Å². The van der Waals surface area contributed by atoms with Crippen molar-refractivity contribution in [3.05, 3.63) is 53.7 Å². The first kappa shape index (κ1) is 22.6. The van der Waals surface area contributed by atoms with E-state index in [-0.39, 0.29) is 33.1 Å². The summed E-state index contributed by atoms with van der Waals surface area (Å²) >= 11 is 10.1. The molecule has 2 rings (SSSR count). The van der Waals surface area contributed by atoms with E-state index in [0.29, 0.717) is 5.56 Å². The summed E-state index contributed by atoms with van der Waals surface area (Å²) in [6.45, 7) is 0. The minimum absolute atomic E-state index is 0.105. The normalized spacial score (nSPS) is 9.67. The maximum Gasteiger partial charge on any atom is 0.413 e. The smallest absolute Gasteiger partial charge is 0.413 e. The van der Waals surface area contributed by atoms with Crippen LogP contribution in [-0.4, -0.2) is 47.4 Å². The number of anilines is 2. The standard InChI is InChI=1S/C18H17N5O5S2/c1-27-17(25)22-15(29)20-12-8-11(13(24)10-6-4-3-5-7-10)9-19-14(12)21-16(30)23-18(26)28-2/h3-9H,1-2H3,(H2,20,22,25,29)(H2,19,21,23,26,30). The van der Waals surface area contributed by atoms with Crippen molar-refractivity contribution in [1.82, 2.24) is 15.6 Å². The molecule has 0 aliphatic rings. The molecule has 2 amide bonds. The number of hydrogen-bond donors (Lipinski definition) is 4. The van der Waals surface area contributed by atoms with Gasteiger partial charge in [0.1, 0.15) is 0 Å². The molecule has 1 aromatic heterocycles. The molecule has 156 valence electrons. The summed E-state index contributed by atoms with van der Waals surface area (Å²) in [6.07, 6.45) is -0.226. The average Bonchev–Trinajstić information content (AvgIpc) is 2.74. The number of aromatic nitrogens is 1. The van der Waals surface area contributed by atoms with Crippen molar-refractivity contribution < 1.29 is 23.9 Å². The second kappa shape index (κ2) is 10.8. The number of benzene rings is 1. The van der Waals surface area contributed by atoms with E-state index in [1.165, 1.54) is 26.5 Å². The van der Waals surface area contributed by atoms with Gasteiger partial charge in [0.25, 0.3) is 0 Å². The fourth-order valence-corrected chi connectivity index (χ4v) is 2.49. The summed E-state index contributed by atoms with van der Waals surface area (Å²) in [5.74, 6) is -0.144. The number of alkyl carbamates (subject to hydrolysis) is 2. The number of thiocarbonyl (C=S) groups is 2. The van der Waals surface area contributed by atoms with Gasteiger partial charge in [-0.15, -0.1) is 0 Å². The van der Waals surface area contributed by atoms with E-state index in [9.17, 15) is 14.4 Å². The number of ether oxygens (including phenoxy) is 2. The zero-order chi connectivity index (χ0) is 22.1. The van der Waals surface area contributed by atoms with Gasteiger partial charge in [-0.25, -0.2) is 14.6 Å². The van der Waals surface area contributed by atoms with Gasteiger partial charge in [-0.2, -0.15) is 0 Å². The van der Waals surface area contributed by atoms with Crippen molar-refractivity contribution in [1.29, 1.82) is 0 Å². The highest BCUT2D eigenvalue weighted by Crippen LogP contribution is 2.22. The second-order valence-electron chi connectivity index (χ2n) is 5.46. The van der Waals surface area contributed by atoms with E-state index in [1.54, 1.807) is 30.3 Å². The molecule has 0 radical (unpaired) electrons. The number of methoxy groups -OCH3 is 2. The van der Waals surface area contributed by atoms with E-state index in [0.717, 1.165) is 0 Å². The number of nitrogens with one attached hydrogen (secondary N) is 4. The molecule has 0 bridgehead atoms. The minimum Gasteiger partial charge on any atom is -0.453 e. The molecule has 0 atom stereocenters. The number of ketones is 1. The van der Waals surface area contributed by atoms with Crippen LogP contribution in [0.2, 0.25) is 0 Å². The Kier molecular flexibility index (Phi) is 8.14. The number of carbonyl (C=O) groups is 3. The molecular weight excluding hydrogens is 430 g/mol. The molecule has 4 N–H and O–H groups in total. The van der Waals surface area contributed by atoms with Gasteiger partial charge in [-0.1, -0.05) is 30.3 Å². The van der Waals surface area contributed by atoms with E-state index in [2.05, 4.69) is 35.7 Å². The Labute approximate surface area is 182 Å². The summed E-state index contributed by atoms with van der Waals surface area (Å²) in [5, 5.41) is 9.75. The van der Waals surface area contributed by atoms with Crippen LogP contribution in [0.4, 0.5) is 21.1 Å². The van der Waals surface area contributed by atoms with E-state index < -0.39 is 12.2 Å². The lowest BCUT2D eigenvalue weighted by atomic mass is 10.0. The van der Waals surface area contributed by atoms with Crippen molar-refractivity contribution in [2.75, 3.05) is 24.9 Å². The van der Waals surface area contributed by atoms with Gasteiger partial charge in [0.05, 0.1) is 19.9 Å². The van der Waals surface area contributed by atoms with Crippen molar-refractivity contribution in [3.63, 3.8) is 0 Å². The minimum atomic E-state index is -0.783. The Balaban J connectivity index is 2.32. The van der Waals surface area contributed by atoms with Gasteiger partial charge in [-0.05, 0) is 30.5 Å². The van der Waals surface area contributed by atoms with E-state index in [4.69, 9.17) is 24.4 Å². The highest BCUT2D eigenvalue weighted by atomic mass is 32.1. The maximum absolute atomic E-state index is 12.7. The molecule has 12 heteroatoms. The zero-order valence-corrected chi connectivity index (χ0v) is 17.5. The monoisotopic (exact) mass is 447 g/mol. The molecule has 0 fully saturated rings. The number of amides is 2. The quantitative estimate of drug-likeness (QED) is 0.409. The molecule has 2 aromatic rings. The van der Waals surface area contributed by atoms with Crippen molar-refractivity contribution >= 4 is 64.1 Å².